The molecule has 1 aliphatic heterocycles. The molecule has 80 valence electrons. The van der Waals surface area contributed by atoms with E-state index in [-0.39, 0.29) is 23.4 Å². The van der Waals surface area contributed by atoms with Crippen molar-refractivity contribution in [1.82, 2.24) is 0 Å². The SMILES string of the molecule is C[C@@H]1CC[C@H](c2ccccc(=O)c2O)O1. The molecule has 0 saturated carbocycles. The summed E-state index contributed by atoms with van der Waals surface area (Å²) in [6, 6.07) is 6.49. The normalized spacial score (nSPS) is 25.4. The van der Waals surface area contributed by atoms with Gasteiger partial charge in [-0.25, -0.2) is 0 Å². The standard InChI is InChI=1S/C12H14O3/c1-8-6-7-11(15-8)9-4-2-3-5-10(13)12(9)14/h2-5,8,11H,6-7H2,1H3,(H,13,14)/t8-,11-/m1/s1. The van der Waals surface area contributed by atoms with Crippen molar-refractivity contribution in [3.63, 3.8) is 0 Å². The van der Waals surface area contributed by atoms with Gasteiger partial charge >= 0.3 is 0 Å². The van der Waals surface area contributed by atoms with Gasteiger partial charge in [0, 0.05) is 5.56 Å². The zero-order valence-corrected chi connectivity index (χ0v) is 8.64. The minimum Gasteiger partial charge on any atom is -0.504 e. The molecule has 1 saturated heterocycles. The molecule has 0 aliphatic carbocycles. The van der Waals surface area contributed by atoms with Crippen LogP contribution in [0.15, 0.2) is 29.1 Å². The van der Waals surface area contributed by atoms with E-state index >= 15 is 0 Å². The van der Waals surface area contributed by atoms with Gasteiger partial charge < -0.3 is 9.84 Å². The van der Waals surface area contributed by atoms with Gasteiger partial charge in [0.25, 0.3) is 0 Å². The second-order valence-corrected chi connectivity index (χ2v) is 3.90. The van der Waals surface area contributed by atoms with Crippen LogP contribution in [-0.2, 0) is 4.74 Å². The van der Waals surface area contributed by atoms with Gasteiger partial charge in [-0.1, -0.05) is 18.2 Å². The summed E-state index contributed by atoms with van der Waals surface area (Å²) in [5.41, 5.74) is 0.257. The van der Waals surface area contributed by atoms with E-state index in [9.17, 15) is 9.90 Å². The van der Waals surface area contributed by atoms with Crippen LogP contribution in [-0.4, -0.2) is 11.2 Å². The number of rotatable bonds is 1. The Morgan fingerprint density at radius 2 is 2.07 bits per heavy atom. The molecule has 1 aliphatic rings. The van der Waals surface area contributed by atoms with Gasteiger partial charge in [-0.3, -0.25) is 4.79 Å². The van der Waals surface area contributed by atoms with Gasteiger partial charge in [0.15, 0.2) is 5.75 Å². The fraction of sp³-hybridized carbons (Fsp3) is 0.417. The van der Waals surface area contributed by atoms with E-state index in [4.69, 9.17) is 4.74 Å². The molecule has 0 amide bonds. The summed E-state index contributed by atoms with van der Waals surface area (Å²) in [4.78, 5) is 11.4. The summed E-state index contributed by atoms with van der Waals surface area (Å²) in [7, 11) is 0. The number of hydrogen-bond donors (Lipinski definition) is 1. The first-order chi connectivity index (χ1) is 7.18. The largest absolute Gasteiger partial charge is 0.504 e. The third-order valence-electron chi connectivity index (χ3n) is 2.72. The van der Waals surface area contributed by atoms with E-state index in [2.05, 4.69) is 0 Å². The summed E-state index contributed by atoms with van der Waals surface area (Å²) >= 11 is 0. The van der Waals surface area contributed by atoms with E-state index in [0.29, 0.717) is 5.56 Å². The van der Waals surface area contributed by atoms with Crippen LogP contribution in [0.4, 0.5) is 0 Å². The Morgan fingerprint density at radius 1 is 1.33 bits per heavy atom. The molecule has 1 N–H and O–H groups in total. The molecular formula is C12H14O3. The second-order valence-electron chi connectivity index (χ2n) is 3.90. The van der Waals surface area contributed by atoms with E-state index in [1.54, 1.807) is 18.2 Å². The third-order valence-corrected chi connectivity index (χ3v) is 2.72. The average Bonchev–Trinajstić information content (AvgIpc) is 2.56. The number of ether oxygens (including phenoxy) is 1. The van der Waals surface area contributed by atoms with Crippen molar-refractivity contribution in [3.05, 3.63) is 40.1 Å². The molecule has 1 aromatic carbocycles. The summed E-state index contributed by atoms with van der Waals surface area (Å²) in [6.07, 6.45) is 1.89. The Bertz CT molecular complexity index is 414. The molecule has 0 spiro atoms. The Balaban J connectivity index is 2.41. The Kier molecular flexibility index (Phi) is 2.73. The highest BCUT2D eigenvalue weighted by molar-refractivity contribution is 5.33. The van der Waals surface area contributed by atoms with Gasteiger partial charge in [0.1, 0.15) is 0 Å². The van der Waals surface area contributed by atoms with Crippen LogP contribution < -0.4 is 5.43 Å². The third kappa shape index (κ3) is 2.02. The van der Waals surface area contributed by atoms with E-state index < -0.39 is 0 Å². The van der Waals surface area contributed by atoms with Crippen molar-refractivity contribution in [3.8, 4) is 5.75 Å². The topological polar surface area (TPSA) is 46.5 Å². The van der Waals surface area contributed by atoms with Crippen LogP contribution in [0.5, 0.6) is 5.75 Å². The fourth-order valence-electron chi connectivity index (χ4n) is 1.89. The van der Waals surface area contributed by atoms with Crippen molar-refractivity contribution >= 4 is 0 Å². The average molecular weight is 206 g/mol. The van der Waals surface area contributed by atoms with Crippen LogP contribution in [0.1, 0.15) is 31.4 Å². The maximum atomic E-state index is 11.4. The van der Waals surface area contributed by atoms with Gasteiger partial charge in [0.05, 0.1) is 12.2 Å². The first-order valence-corrected chi connectivity index (χ1v) is 5.16. The molecule has 3 heteroatoms. The van der Waals surface area contributed by atoms with Crippen molar-refractivity contribution in [2.45, 2.75) is 32.0 Å². The molecule has 1 aromatic rings. The van der Waals surface area contributed by atoms with E-state index in [0.717, 1.165) is 12.8 Å². The maximum Gasteiger partial charge on any atom is 0.220 e. The molecule has 1 fully saturated rings. The zero-order valence-electron chi connectivity index (χ0n) is 8.64. The quantitative estimate of drug-likeness (QED) is 0.764. The Morgan fingerprint density at radius 3 is 2.73 bits per heavy atom. The minimum absolute atomic E-state index is 0.139. The highest BCUT2D eigenvalue weighted by atomic mass is 16.5. The molecule has 0 radical (unpaired) electrons. The Labute approximate surface area is 88.3 Å². The van der Waals surface area contributed by atoms with Crippen LogP contribution in [0.2, 0.25) is 0 Å². The van der Waals surface area contributed by atoms with Gasteiger partial charge in [-0.2, -0.15) is 0 Å². The van der Waals surface area contributed by atoms with Gasteiger partial charge in [-0.15, -0.1) is 0 Å². The Hall–Kier alpha value is -1.35. The van der Waals surface area contributed by atoms with Crippen LogP contribution in [0, 0.1) is 0 Å². The molecule has 15 heavy (non-hydrogen) atoms. The van der Waals surface area contributed by atoms with Gasteiger partial charge in [0.2, 0.25) is 5.43 Å². The zero-order chi connectivity index (χ0) is 10.8. The lowest BCUT2D eigenvalue weighted by molar-refractivity contribution is 0.0542. The van der Waals surface area contributed by atoms with Crippen LogP contribution >= 0.6 is 0 Å². The molecule has 1 heterocycles. The fourth-order valence-corrected chi connectivity index (χ4v) is 1.89. The number of aromatic hydroxyl groups is 1. The molecule has 2 atom stereocenters. The maximum absolute atomic E-state index is 11.4. The second kappa shape index (κ2) is 4.03. The smallest absolute Gasteiger partial charge is 0.220 e. The molecule has 3 nitrogen and oxygen atoms in total. The monoisotopic (exact) mass is 206 g/mol. The predicted molar refractivity (Wildman–Crippen MR) is 56.9 cm³/mol. The minimum atomic E-state index is -0.349. The molecule has 0 unspecified atom stereocenters. The van der Waals surface area contributed by atoms with Crippen molar-refractivity contribution in [2.24, 2.45) is 0 Å². The summed E-state index contributed by atoms with van der Waals surface area (Å²) in [6.45, 7) is 2.00. The predicted octanol–water partition coefficient (Wildman–Crippen LogP) is 1.99. The lowest BCUT2D eigenvalue weighted by atomic mass is 10.1. The highest BCUT2D eigenvalue weighted by Crippen LogP contribution is 2.34. The first kappa shape index (κ1) is 10.2. The molecule has 2 rings (SSSR count). The van der Waals surface area contributed by atoms with E-state index in [1.165, 1.54) is 6.07 Å². The van der Waals surface area contributed by atoms with Crippen molar-refractivity contribution in [2.75, 3.05) is 0 Å². The molecule has 0 bridgehead atoms. The summed E-state index contributed by atoms with van der Waals surface area (Å²) in [5.74, 6) is -0.181. The number of hydrogen-bond acceptors (Lipinski definition) is 3. The highest BCUT2D eigenvalue weighted by Gasteiger charge is 2.25. The first-order valence-electron chi connectivity index (χ1n) is 5.16. The molecule has 0 aromatic heterocycles. The lowest BCUT2D eigenvalue weighted by Crippen LogP contribution is -2.04. The molecular weight excluding hydrogens is 192 g/mol. The van der Waals surface area contributed by atoms with Crippen molar-refractivity contribution < 1.29 is 9.84 Å². The van der Waals surface area contributed by atoms with Crippen molar-refractivity contribution in [1.29, 1.82) is 0 Å². The summed E-state index contributed by atoms with van der Waals surface area (Å²) in [5, 5.41) is 9.71. The van der Waals surface area contributed by atoms with Crippen LogP contribution in [0.25, 0.3) is 0 Å². The van der Waals surface area contributed by atoms with E-state index in [1.807, 2.05) is 6.92 Å². The van der Waals surface area contributed by atoms with Crippen LogP contribution in [0.3, 0.4) is 0 Å². The van der Waals surface area contributed by atoms with Gasteiger partial charge in [-0.05, 0) is 25.8 Å². The lowest BCUT2D eigenvalue weighted by Gasteiger charge is -2.10. The summed E-state index contributed by atoms with van der Waals surface area (Å²) < 4.78 is 5.63.